The van der Waals surface area contributed by atoms with Gasteiger partial charge in [0.1, 0.15) is 5.82 Å². The molecular weight excluding hydrogens is 194 g/mol. The fourth-order valence-corrected chi connectivity index (χ4v) is 1.66. The Bertz CT molecular complexity index is 338. The van der Waals surface area contributed by atoms with Crippen LogP contribution in [0.15, 0.2) is 0 Å². The van der Waals surface area contributed by atoms with Crippen LogP contribution in [0.5, 0.6) is 5.88 Å². The minimum absolute atomic E-state index is 0.543. The molecule has 0 amide bonds. The molecule has 0 radical (unpaired) electrons. The van der Waals surface area contributed by atoms with Gasteiger partial charge in [0.25, 0.3) is 0 Å². The summed E-state index contributed by atoms with van der Waals surface area (Å²) in [6.07, 6.45) is 1.51. The first-order valence-electron chi connectivity index (χ1n) is 5.05. The second-order valence-corrected chi connectivity index (χ2v) is 3.42. The van der Waals surface area contributed by atoms with E-state index in [1.807, 2.05) is 0 Å². The van der Waals surface area contributed by atoms with E-state index in [9.17, 15) is 0 Å². The lowest BCUT2D eigenvalue weighted by Crippen LogP contribution is -2.17. The summed E-state index contributed by atoms with van der Waals surface area (Å²) in [6, 6.07) is 0. The molecule has 0 atom stereocenters. The van der Waals surface area contributed by atoms with Crippen molar-refractivity contribution in [3.63, 3.8) is 0 Å². The largest absolute Gasteiger partial charge is 0.481 e. The topological polar surface area (TPSA) is 70.3 Å². The Morgan fingerprint density at radius 1 is 1.47 bits per heavy atom. The van der Waals surface area contributed by atoms with E-state index in [4.69, 9.17) is 15.2 Å². The van der Waals surface area contributed by atoms with E-state index in [0.29, 0.717) is 25.5 Å². The minimum Gasteiger partial charge on any atom is -0.481 e. The number of ether oxygens (including phenoxy) is 2. The van der Waals surface area contributed by atoms with Gasteiger partial charge in [-0.25, -0.2) is 4.98 Å². The third-order valence-corrected chi connectivity index (χ3v) is 2.39. The summed E-state index contributed by atoms with van der Waals surface area (Å²) in [7, 11) is 1.61. The molecule has 0 bridgehead atoms. The summed E-state index contributed by atoms with van der Waals surface area (Å²) in [6.45, 7) is 1.81. The van der Waals surface area contributed by atoms with Crippen molar-refractivity contribution in [1.29, 1.82) is 0 Å². The van der Waals surface area contributed by atoms with E-state index in [0.717, 1.165) is 30.1 Å². The number of nitrogens with two attached hydrogens (primary N) is 1. The number of nitrogens with zero attached hydrogens (tertiary/aromatic N) is 2. The zero-order chi connectivity index (χ0) is 10.7. The van der Waals surface area contributed by atoms with Gasteiger partial charge >= 0.3 is 0 Å². The molecule has 2 N–H and O–H groups in total. The summed E-state index contributed by atoms with van der Waals surface area (Å²) >= 11 is 0. The van der Waals surface area contributed by atoms with Gasteiger partial charge in [0.2, 0.25) is 5.88 Å². The van der Waals surface area contributed by atoms with Gasteiger partial charge in [-0.1, -0.05) is 0 Å². The van der Waals surface area contributed by atoms with Crippen molar-refractivity contribution in [3.8, 4) is 5.88 Å². The maximum Gasteiger partial charge on any atom is 0.222 e. The molecule has 0 spiro atoms. The summed E-state index contributed by atoms with van der Waals surface area (Å²) in [5.41, 5.74) is 7.50. The molecule has 82 valence electrons. The van der Waals surface area contributed by atoms with Gasteiger partial charge in [-0.05, 0) is 6.54 Å². The van der Waals surface area contributed by atoms with Crippen LogP contribution < -0.4 is 10.5 Å². The third kappa shape index (κ3) is 2.08. The first kappa shape index (κ1) is 10.3. The van der Waals surface area contributed by atoms with Crippen molar-refractivity contribution in [2.75, 3.05) is 20.3 Å². The maximum absolute atomic E-state index is 5.48. The highest BCUT2D eigenvalue weighted by Gasteiger charge is 2.18. The van der Waals surface area contributed by atoms with Crippen molar-refractivity contribution in [1.82, 2.24) is 9.97 Å². The van der Waals surface area contributed by atoms with Crippen LogP contribution in [-0.4, -0.2) is 30.2 Å². The average Bonchev–Trinajstić information content (AvgIpc) is 2.28. The number of aromatic nitrogens is 2. The Balaban J connectivity index is 2.38. The summed E-state index contributed by atoms with van der Waals surface area (Å²) < 4.78 is 10.6. The summed E-state index contributed by atoms with van der Waals surface area (Å²) in [4.78, 5) is 8.76. The van der Waals surface area contributed by atoms with Gasteiger partial charge in [-0.15, -0.1) is 0 Å². The second kappa shape index (κ2) is 4.55. The Hall–Kier alpha value is -1.20. The van der Waals surface area contributed by atoms with Crippen LogP contribution in [0, 0.1) is 0 Å². The number of rotatable bonds is 3. The fraction of sp³-hybridized carbons (Fsp3) is 0.600. The van der Waals surface area contributed by atoms with Crippen molar-refractivity contribution in [3.05, 3.63) is 17.1 Å². The normalized spacial score (nSPS) is 14.8. The third-order valence-electron chi connectivity index (χ3n) is 2.39. The Labute approximate surface area is 88.6 Å². The Morgan fingerprint density at radius 3 is 3.07 bits per heavy atom. The molecule has 1 aliphatic heterocycles. The van der Waals surface area contributed by atoms with E-state index in [2.05, 4.69) is 9.97 Å². The molecule has 1 aromatic rings. The van der Waals surface area contributed by atoms with Crippen molar-refractivity contribution < 1.29 is 9.47 Å². The van der Waals surface area contributed by atoms with Crippen LogP contribution in [0.4, 0.5) is 0 Å². The van der Waals surface area contributed by atoms with E-state index in [1.54, 1.807) is 7.11 Å². The molecule has 5 heteroatoms. The predicted octanol–water partition coefficient (Wildman–Crippen LogP) is 0.0591. The monoisotopic (exact) mass is 209 g/mol. The van der Waals surface area contributed by atoms with Crippen LogP contribution in [0.2, 0.25) is 0 Å². The Morgan fingerprint density at radius 2 is 2.33 bits per heavy atom. The van der Waals surface area contributed by atoms with Gasteiger partial charge in [-0.2, -0.15) is 4.98 Å². The molecule has 0 fully saturated rings. The van der Waals surface area contributed by atoms with Crippen LogP contribution in [0.25, 0.3) is 0 Å². The number of methoxy groups -OCH3 is 1. The summed E-state index contributed by atoms with van der Waals surface area (Å²) in [5, 5.41) is 0. The highest BCUT2D eigenvalue weighted by molar-refractivity contribution is 5.31. The first-order valence-corrected chi connectivity index (χ1v) is 5.05. The highest BCUT2D eigenvalue weighted by Crippen LogP contribution is 2.23. The molecule has 0 aliphatic carbocycles. The smallest absolute Gasteiger partial charge is 0.222 e. The molecule has 15 heavy (non-hydrogen) atoms. The molecule has 1 aromatic heterocycles. The maximum atomic E-state index is 5.48. The van der Waals surface area contributed by atoms with Gasteiger partial charge in [0.05, 0.1) is 31.6 Å². The van der Waals surface area contributed by atoms with E-state index in [1.165, 1.54) is 0 Å². The van der Waals surface area contributed by atoms with Crippen molar-refractivity contribution in [2.45, 2.75) is 19.4 Å². The van der Waals surface area contributed by atoms with Gasteiger partial charge in [0, 0.05) is 12.8 Å². The van der Waals surface area contributed by atoms with Gasteiger partial charge in [-0.3, -0.25) is 0 Å². The lowest BCUT2D eigenvalue weighted by Gasteiger charge is -2.18. The first-order chi connectivity index (χ1) is 7.35. The van der Waals surface area contributed by atoms with Crippen LogP contribution in [0.1, 0.15) is 17.1 Å². The van der Waals surface area contributed by atoms with Crippen molar-refractivity contribution >= 4 is 0 Å². The molecule has 2 rings (SSSR count). The minimum atomic E-state index is 0.543. The molecule has 2 heterocycles. The lowest BCUT2D eigenvalue weighted by atomic mass is 10.1. The number of hydrogen-bond acceptors (Lipinski definition) is 5. The van der Waals surface area contributed by atoms with Crippen LogP contribution in [0.3, 0.4) is 0 Å². The average molecular weight is 209 g/mol. The standard InChI is InChI=1S/C10H15N3O2/c1-14-10-7-6-15-5-3-8(7)12-9(13-10)2-4-11/h2-6,11H2,1H3. The van der Waals surface area contributed by atoms with E-state index >= 15 is 0 Å². The molecule has 5 nitrogen and oxygen atoms in total. The SMILES string of the molecule is COc1nc(CCN)nc2c1COCC2. The Kier molecular flexibility index (Phi) is 3.13. The molecular formula is C10H15N3O2. The molecule has 1 aliphatic rings. The van der Waals surface area contributed by atoms with E-state index in [-0.39, 0.29) is 0 Å². The molecule has 0 aromatic carbocycles. The zero-order valence-corrected chi connectivity index (χ0v) is 8.82. The van der Waals surface area contributed by atoms with E-state index < -0.39 is 0 Å². The zero-order valence-electron chi connectivity index (χ0n) is 8.82. The molecule has 0 saturated carbocycles. The molecule has 0 saturated heterocycles. The quantitative estimate of drug-likeness (QED) is 0.762. The lowest BCUT2D eigenvalue weighted by molar-refractivity contribution is 0.106. The number of hydrogen-bond donors (Lipinski definition) is 1. The summed E-state index contributed by atoms with van der Waals surface area (Å²) in [5.74, 6) is 1.39. The molecule has 0 unspecified atom stereocenters. The van der Waals surface area contributed by atoms with Crippen LogP contribution >= 0.6 is 0 Å². The second-order valence-electron chi connectivity index (χ2n) is 3.42. The van der Waals surface area contributed by atoms with Crippen molar-refractivity contribution in [2.24, 2.45) is 5.73 Å². The fourth-order valence-electron chi connectivity index (χ4n) is 1.66. The van der Waals surface area contributed by atoms with Gasteiger partial charge in [0.15, 0.2) is 0 Å². The predicted molar refractivity (Wildman–Crippen MR) is 54.7 cm³/mol. The van der Waals surface area contributed by atoms with Crippen LogP contribution in [-0.2, 0) is 24.2 Å². The number of fused-ring (bicyclic) bond motifs is 1. The van der Waals surface area contributed by atoms with Gasteiger partial charge < -0.3 is 15.2 Å². The highest BCUT2D eigenvalue weighted by atomic mass is 16.5.